The van der Waals surface area contributed by atoms with Crippen molar-refractivity contribution < 1.29 is 0 Å². The first-order valence-corrected chi connectivity index (χ1v) is 4.58. The first kappa shape index (κ1) is 7.80. The van der Waals surface area contributed by atoms with Crippen molar-refractivity contribution in [3.05, 3.63) is 17.5 Å². The van der Waals surface area contributed by atoms with Gasteiger partial charge in [0.25, 0.3) is 0 Å². The molecule has 1 aromatic heterocycles. The molecule has 0 saturated carbocycles. The molecule has 0 aliphatic heterocycles. The lowest BCUT2D eigenvalue weighted by molar-refractivity contribution is 0.572. The summed E-state index contributed by atoms with van der Waals surface area (Å²) in [5, 5.41) is 7.64. The van der Waals surface area contributed by atoms with Crippen molar-refractivity contribution in [2.24, 2.45) is 0 Å². The molecule has 1 aliphatic rings. The minimum absolute atomic E-state index is 0.542. The van der Waals surface area contributed by atoms with Gasteiger partial charge in [-0.1, -0.05) is 0 Å². The lowest BCUT2D eigenvalue weighted by Gasteiger charge is -2.05. The molecule has 1 atom stereocenters. The first-order chi connectivity index (χ1) is 5.86. The van der Waals surface area contributed by atoms with Gasteiger partial charge >= 0.3 is 0 Å². The van der Waals surface area contributed by atoms with Gasteiger partial charge in [-0.05, 0) is 26.8 Å². The molecule has 1 aliphatic carbocycles. The Hall–Kier alpha value is -0.830. The van der Waals surface area contributed by atoms with Crippen LogP contribution in [0, 0.1) is 0 Å². The summed E-state index contributed by atoms with van der Waals surface area (Å²) in [4.78, 5) is 0. The molecular formula is C9H15N3. The number of nitrogens with zero attached hydrogens (tertiary/aromatic N) is 2. The highest BCUT2D eigenvalue weighted by Gasteiger charge is 2.24. The summed E-state index contributed by atoms with van der Waals surface area (Å²) in [6, 6.07) is 0.542. The summed E-state index contributed by atoms with van der Waals surface area (Å²) in [5.41, 5.74) is 2.83. The highest BCUT2D eigenvalue weighted by Crippen LogP contribution is 2.30. The van der Waals surface area contributed by atoms with E-state index in [1.807, 2.05) is 13.2 Å². The zero-order valence-corrected chi connectivity index (χ0v) is 7.67. The van der Waals surface area contributed by atoms with Crippen molar-refractivity contribution in [1.29, 1.82) is 0 Å². The van der Waals surface area contributed by atoms with Gasteiger partial charge in [-0.3, -0.25) is 4.68 Å². The second-order valence-corrected chi connectivity index (χ2v) is 3.24. The summed E-state index contributed by atoms with van der Waals surface area (Å²) in [6.45, 7) is 3.13. The second-order valence-electron chi connectivity index (χ2n) is 3.24. The molecule has 1 N–H and O–H groups in total. The normalized spacial score (nSPS) is 21.3. The van der Waals surface area contributed by atoms with Gasteiger partial charge in [-0.25, -0.2) is 0 Å². The van der Waals surface area contributed by atoms with Gasteiger partial charge in [0, 0.05) is 23.8 Å². The van der Waals surface area contributed by atoms with Crippen LogP contribution in [0.15, 0.2) is 6.20 Å². The minimum Gasteiger partial charge on any atom is -0.313 e. The van der Waals surface area contributed by atoms with Gasteiger partial charge in [0.1, 0.15) is 0 Å². The van der Waals surface area contributed by atoms with Crippen molar-refractivity contribution in [3.8, 4) is 0 Å². The average molecular weight is 165 g/mol. The molecule has 2 rings (SSSR count). The first-order valence-electron chi connectivity index (χ1n) is 4.58. The van der Waals surface area contributed by atoms with E-state index in [1.54, 1.807) is 0 Å². The van der Waals surface area contributed by atoms with Crippen molar-refractivity contribution in [1.82, 2.24) is 15.1 Å². The Bertz CT molecular complexity index is 277. The Morgan fingerprint density at radius 2 is 2.58 bits per heavy atom. The van der Waals surface area contributed by atoms with E-state index in [0.29, 0.717) is 6.04 Å². The van der Waals surface area contributed by atoms with Gasteiger partial charge in [0.2, 0.25) is 0 Å². The number of hydrogen-bond donors (Lipinski definition) is 1. The van der Waals surface area contributed by atoms with E-state index in [9.17, 15) is 0 Å². The highest BCUT2D eigenvalue weighted by molar-refractivity contribution is 5.27. The number of fused-ring (bicyclic) bond motifs is 1. The molecule has 12 heavy (non-hydrogen) atoms. The molecule has 0 saturated heterocycles. The molecule has 0 bridgehead atoms. The fraction of sp³-hybridized carbons (Fsp3) is 0.667. The van der Waals surface area contributed by atoms with E-state index in [-0.39, 0.29) is 0 Å². The number of hydrogen-bond acceptors (Lipinski definition) is 2. The lowest BCUT2D eigenvalue weighted by Crippen LogP contribution is -2.12. The van der Waals surface area contributed by atoms with Crippen LogP contribution in [0.4, 0.5) is 0 Å². The van der Waals surface area contributed by atoms with E-state index in [1.165, 1.54) is 24.1 Å². The summed E-state index contributed by atoms with van der Waals surface area (Å²) < 4.78 is 2.10. The van der Waals surface area contributed by atoms with Crippen molar-refractivity contribution in [2.75, 3.05) is 7.05 Å². The summed E-state index contributed by atoms with van der Waals surface area (Å²) in [6.07, 6.45) is 4.41. The van der Waals surface area contributed by atoms with Crippen molar-refractivity contribution in [3.63, 3.8) is 0 Å². The topological polar surface area (TPSA) is 29.9 Å². The van der Waals surface area contributed by atoms with Crippen LogP contribution in [-0.2, 0) is 13.0 Å². The van der Waals surface area contributed by atoms with Gasteiger partial charge in [-0.2, -0.15) is 5.10 Å². The Balaban J connectivity index is 2.35. The van der Waals surface area contributed by atoms with Gasteiger partial charge in [0.05, 0.1) is 6.20 Å². The van der Waals surface area contributed by atoms with Gasteiger partial charge in [-0.15, -0.1) is 0 Å². The standard InChI is InChI=1S/C9H15N3/c1-3-12-9-5-4-8(10-2)7(9)6-11-12/h6,8,10H,3-5H2,1-2H3. The third-order valence-electron chi connectivity index (χ3n) is 2.67. The van der Waals surface area contributed by atoms with Crippen molar-refractivity contribution >= 4 is 0 Å². The summed E-state index contributed by atoms with van der Waals surface area (Å²) >= 11 is 0. The third kappa shape index (κ3) is 0.966. The Morgan fingerprint density at radius 1 is 1.75 bits per heavy atom. The van der Waals surface area contributed by atoms with Crippen molar-refractivity contribution in [2.45, 2.75) is 32.4 Å². The number of rotatable bonds is 2. The molecule has 0 fully saturated rings. The van der Waals surface area contributed by atoms with Crippen LogP contribution < -0.4 is 5.32 Å². The van der Waals surface area contributed by atoms with Gasteiger partial charge in [0.15, 0.2) is 0 Å². The fourth-order valence-corrected chi connectivity index (χ4v) is 2.00. The molecule has 1 heterocycles. The maximum absolute atomic E-state index is 4.33. The van der Waals surface area contributed by atoms with E-state index in [2.05, 4.69) is 22.0 Å². The smallest absolute Gasteiger partial charge is 0.0540 e. The van der Waals surface area contributed by atoms with Crippen LogP contribution in [0.3, 0.4) is 0 Å². The molecule has 3 nitrogen and oxygen atoms in total. The largest absolute Gasteiger partial charge is 0.313 e. The van der Waals surface area contributed by atoms with Crippen LogP contribution in [0.25, 0.3) is 0 Å². The minimum atomic E-state index is 0.542. The molecule has 0 spiro atoms. The number of aryl methyl sites for hydroxylation is 1. The van der Waals surface area contributed by atoms with E-state index in [4.69, 9.17) is 0 Å². The fourth-order valence-electron chi connectivity index (χ4n) is 2.00. The molecule has 1 aromatic rings. The van der Waals surface area contributed by atoms with E-state index in [0.717, 1.165) is 6.54 Å². The third-order valence-corrected chi connectivity index (χ3v) is 2.67. The maximum atomic E-state index is 4.33. The molecule has 3 heteroatoms. The zero-order chi connectivity index (χ0) is 8.55. The van der Waals surface area contributed by atoms with Crippen LogP contribution in [0.1, 0.15) is 30.6 Å². The zero-order valence-electron chi connectivity index (χ0n) is 7.67. The second kappa shape index (κ2) is 2.90. The Morgan fingerprint density at radius 3 is 3.25 bits per heavy atom. The van der Waals surface area contributed by atoms with E-state index >= 15 is 0 Å². The molecule has 1 unspecified atom stereocenters. The van der Waals surface area contributed by atoms with Crippen LogP contribution in [0.2, 0.25) is 0 Å². The van der Waals surface area contributed by atoms with Gasteiger partial charge < -0.3 is 5.32 Å². The Labute approximate surface area is 72.8 Å². The maximum Gasteiger partial charge on any atom is 0.0540 e. The number of nitrogens with one attached hydrogen (secondary N) is 1. The highest BCUT2D eigenvalue weighted by atomic mass is 15.3. The lowest BCUT2D eigenvalue weighted by atomic mass is 10.2. The average Bonchev–Trinajstić information content (AvgIpc) is 2.62. The molecule has 66 valence electrons. The van der Waals surface area contributed by atoms with E-state index < -0.39 is 0 Å². The predicted molar refractivity (Wildman–Crippen MR) is 48.0 cm³/mol. The summed E-state index contributed by atoms with van der Waals surface area (Å²) in [5.74, 6) is 0. The Kier molecular flexibility index (Phi) is 1.89. The molecular weight excluding hydrogens is 150 g/mol. The quantitative estimate of drug-likeness (QED) is 0.711. The van der Waals surface area contributed by atoms with Crippen LogP contribution in [-0.4, -0.2) is 16.8 Å². The molecule has 0 amide bonds. The number of aromatic nitrogens is 2. The summed E-state index contributed by atoms with van der Waals surface area (Å²) in [7, 11) is 2.02. The SMILES string of the molecule is CCn1ncc2c1CCC2NC. The molecule has 0 radical (unpaired) electrons. The predicted octanol–water partition coefficient (Wildman–Crippen LogP) is 1.11. The molecule has 0 aromatic carbocycles. The monoisotopic (exact) mass is 165 g/mol. The van der Waals surface area contributed by atoms with Crippen LogP contribution in [0.5, 0.6) is 0 Å². The van der Waals surface area contributed by atoms with Crippen LogP contribution >= 0.6 is 0 Å².